The highest BCUT2D eigenvalue weighted by atomic mass is 31.2. The van der Waals surface area contributed by atoms with E-state index in [-0.39, 0.29) is 19.1 Å². The molecule has 316 valence electrons. The van der Waals surface area contributed by atoms with Crippen molar-refractivity contribution in [3.05, 3.63) is 12.2 Å². The molecule has 0 aliphatic heterocycles. The van der Waals surface area contributed by atoms with Crippen LogP contribution in [0.25, 0.3) is 0 Å². The second kappa shape index (κ2) is 36.9. The topological polar surface area (TPSA) is 105 Å². The van der Waals surface area contributed by atoms with Crippen LogP contribution in [0.2, 0.25) is 0 Å². The normalized spacial score (nSPS) is 14.5. The number of hydrogen-bond donors (Lipinski definition) is 3. The number of likely N-dealkylation sites (N-methyl/N-ethyl adjacent to an activating group) is 1. The molecule has 0 radical (unpaired) electrons. The maximum Gasteiger partial charge on any atom is 0.472 e. The molecule has 0 bridgehead atoms. The summed E-state index contributed by atoms with van der Waals surface area (Å²) in [5, 5.41) is 13.8. The molecule has 0 heterocycles. The van der Waals surface area contributed by atoms with Crippen LogP contribution in [0.1, 0.15) is 213 Å². The van der Waals surface area contributed by atoms with Crippen LogP contribution in [-0.2, 0) is 18.4 Å². The first-order valence-electron chi connectivity index (χ1n) is 22.6. The molecule has 0 aliphatic rings. The van der Waals surface area contributed by atoms with Crippen LogP contribution in [0.5, 0.6) is 0 Å². The Balaban J connectivity index is 4.35. The lowest BCUT2D eigenvalue weighted by atomic mass is 10.0. The number of unbranched alkanes of at least 4 members (excludes halogenated alkanes) is 28. The Bertz CT molecular complexity index is 880. The van der Waals surface area contributed by atoms with Crippen molar-refractivity contribution in [3.8, 4) is 0 Å². The van der Waals surface area contributed by atoms with Gasteiger partial charge >= 0.3 is 7.82 Å². The number of hydrogen-bond acceptors (Lipinski definition) is 5. The van der Waals surface area contributed by atoms with Crippen LogP contribution in [0, 0.1) is 0 Å². The molecule has 3 unspecified atom stereocenters. The first kappa shape index (κ1) is 52.2. The number of carbonyl (C=O) groups is 1. The molecule has 0 saturated heterocycles. The minimum absolute atomic E-state index is 0.0646. The third-order valence-electron chi connectivity index (χ3n) is 10.3. The number of allylic oxidation sites excluding steroid dienone is 1. The molecule has 8 nitrogen and oxygen atoms in total. The summed E-state index contributed by atoms with van der Waals surface area (Å²) >= 11 is 0. The predicted molar refractivity (Wildman–Crippen MR) is 226 cm³/mol. The second-order valence-electron chi connectivity index (χ2n) is 16.8. The van der Waals surface area contributed by atoms with E-state index >= 15 is 0 Å². The zero-order valence-corrected chi connectivity index (χ0v) is 36.7. The van der Waals surface area contributed by atoms with E-state index in [0.29, 0.717) is 17.4 Å². The third-order valence-corrected chi connectivity index (χ3v) is 11.2. The number of quaternary nitrogens is 1. The SMILES string of the molecule is CCCCCCCCCCCCC/C=C/C(O)C(COP(=O)(O)OCC[N+](C)(C)C)NC(=O)CCCCCCCCCCCCCCCCCCCC. The maximum atomic E-state index is 12.9. The molecule has 0 aromatic rings. The predicted octanol–water partition coefficient (Wildman–Crippen LogP) is 12.4. The summed E-state index contributed by atoms with van der Waals surface area (Å²) in [6.07, 6.45) is 41.3. The maximum absolute atomic E-state index is 12.9. The van der Waals surface area contributed by atoms with Crippen LogP contribution in [0.3, 0.4) is 0 Å². The van der Waals surface area contributed by atoms with Crippen LogP contribution in [-0.4, -0.2) is 73.4 Å². The minimum Gasteiger partial charge on any atom is -0.387 e. The summed E-state index contributed by atoms with van der Waals surface area (Å²) in [6.45, 7) is 4.82. The van der Waals surface area contributed by atoms with E-state index < -0.39 is 20.0 Å². The zero-order chi connectivity index (χ0) is 39.3. The van der Waals surface area contributed by atoms with Crippen LogP contribution in [0.4, 0.5) is 0 Å². The molecular formula is C44H90N2O6P+. The van der Waals surface area contributed by atoms with Gasteiger partial charge in [-0.1, -0.05) is 199 Å². The van der Waals surface area contributed by atoms with Gasteiger partial charge < -0.3 is 19.8 Å². The number of nitrogens with zero attached hydrogens (tertiary/aromatic N) is 1. The minimum atomic E-state index is -4.33. The molecule has 1 amide bonds. The lowest BCUT2D eigenvalue weighted by Crippen LogP contribution is -2.45. The summed E-state index contributed by atoms with van der Waals surface area (Å²) in [4.78, 5) is 23.1. The van der Waals surface area contributed by atoms with Crippen molar-refractivity contribution in [3.63, 3.8) is 0 Å². The van der Waals surface area contributed by atoms with E-state index in [1.54, 1.807) is 6.08 Å². The van der Waals surface area contributed by atoms with E-state index in [1.807, 2.05) is 27.2 Å². The van der Waals surface area contributed by atoms with Gasteiger partial charge in [0.15, 0.2) is 0 Å². The van der Waals surface area contributed by atoms with Gasteiger partial charge in [-0.3, -0.25) is 13.8 Å². The molecular weight excluding hydrogens is 683 g/mol. The highest BCUT2D eigenvalue weighted by Crippen LogP contribution is 2.43. The van der Waals surface area contributed by atoms with Crippen LogP contribution < -0.4 is 5.32 Å². The molecule has 0 saturated carbocycles. The second-order valence-corrected chi connectivity index (χ2v) is 18.2. The number of aliphatic hydroxyl groups excluding tert-OH is 1. The van der Waals surface area contributed by atoms with Gasteiger partial charge in [0.2, 0.25) is 5.91 Å². The molecule has 9 heteroatoms. The van der Waals surface area contributed by atoms with Crippen LogP contribution in [0.15, 0.2) is 12.2 Å². The molecule has 0 aromatic carbocycles. The van der Waals surface area contributed by atoms with Crippen LogP contribution >= 0.6 is 7.82 Å². The number of nitrogens with one attached hydrogen (secondary N) is 1. The van der Waals surface area contributed by atoms with Gasteiger partial charge in [0.1, 0.15) is 13.2 Å². The molecule has 0 spiro atoms. The molecule has 0 fully saturated rings. The summed E-state index contributed by atoms with van der Waals surface area (Å²) in [5.41, 5.74) is 0. The molecule has 53 heavy (non-hydrogen) atoms. The van der Waals surface area contributed by atoms with Crippen molar-refractivity contribution < 1.29 is 32.9 Å². The lowest BCUT2D eigenvalue weighted by Gasteiger charge is -2.25. The fraction of sp³-hybridized carbons (Fsp3) is 0.932. The smallest absolute Gasteiger partial charge is 0.387 e. The van der Waals surface area contributed by atoms with Crippen molar-refractivity contribution in [2.24, 2.45) is 0 Å². The Kier molecular flexibility index (Phi) is 36.3. The lowest BCUT2D eigenvalue weighted by molar-refractivity contribution is -0.870. The number of phosphoric acid groups is 1. The fourth-order valence-electron chi connectivity index (χ4n) is 6.63. The monoisotopic (exact) mass is 774 g/mol. The summed E-state index contributed by atoms with van der Waals surface area (Å²) in [5.74, 6) is -0.174. The molecule has 0 aromatic heterocycles. The number of aliphatic hydroxyl groups is 1. The summed E-state index contributed by atoms with van der Waals surface area (Å²) < 4.78 is 23.5. The van der Waals surface area contributed by atoms with Gasteiger partial charge in [0.05, 0.1) is 39.9 Å². The average Bonchev–Trinajstić information content (AvgIpc) is 3.10. The van der Waals surface area contributed by atoms with Crippen molar-refractivity contribution >= 4 is 13.7 Å². The van der Waals surface area contributed by atoms with Crippen molar-refractivity contribution in [2.45, 2.75) is 225 Å². The summed E-state index contributed by atoms with van der Waals surface area (Å²) in [6, 6.07) is -0.839. The first-order valence-corrected chi connectivity index (χ1v) is 24.1. The fourth-order valence-corrected chi connectivity index (χ4v) is 7.37. The Labute approximate surface area is 329 Å². The first-order chi connectivity index (χ1) is 25.5. The number of carbonyl (C=O) groups excluding carboxylic acids is 1. The van der Waals surface area contributed by atoms with Gasteiger partial charge in [0.25, 0.3) is 0 Å². The van der Waals surface area contributed by atoms with Gasteiger partial charge in [0, 0.05) is 6.42 Å². The van der Waals surface area contributed by atoms with E-state index in [1.165, 1.54) is 154 Å². The Morgan fingerprint density at radius 1 is 0.623 bits per heavy atom. The third kappa shape index (κ3) is 39.3. The van der Waals surface area contributed by atoms with E-state index in [0.717, 1.165) is 38.5 Å². The number of amides is 1. The summed E-state index contributed by atoms with van der Waals surface area (Å²) in [7, 11) is 1.58. The highest BCUT2D eigenvalue weighted by Gasteiger charge is 2.27. The Morgan fingerprint density at radius 2 is 1.00 bits per heavy atom. The van der Waals surface area contributed by atoms with Gasteiger partial charge in [-0.25, -0.2) is 4.57 Å². The average molecular weight is 774 g/mol. The zero-order valence-electron chi connectivity index (χ0n) is 35.8. The van der Waals surface area contributed by atoms with Crippen molar-refractivity contribution in [2.75, 3.05) is 40.9 Å². The van der Waals surface area contributed by atoms with Crippen molar-refractivity contribution in [1.29, 1.82) is 0 Å². The molecule has 3 N–H and O–H groups in total. The molecule has 0 aliphatic carbocycles. The van der Waals surface area contributed by atoms with Crippen molar-refractivity contribution in [1.82, 2.24) is 5.32 Å². The number of phosphoric ester groups is 1. The largest absolute Gasteiger partial charge is 0.472 e. The number of rotatable bonds is 41. The van der Waals surface area contributed by atoms with E-state index in [4.69, 9.17) is 9.05 Å². The highest BCUT2D eigenvalue weighted by molar-refractivity contribution is 7.47. The molecule has 0 rings (SSSR count). The Hall–Kier alpha value is -0.760. The van der Waals surface area contributed by atoms with Gasteiger partial charge in [-0.15, -0.1) is 0 Å². The Morgan fingerprint density at radius 3 is 1.40 bits per heavy atom. The quantitative estimate of drug-likeness (QED) is 0.0247. The van der Waals surface area contributed by atoms with Gasteiger partial charge in [-0.05, 0) is 19.3 Å². The van der Waals surface area contributed by atoms with E-state index in [9.17, 15) is 19.4 Å². The van der Waals surface area contributed by atoms with Gasteiger partial charge in [-0.2, -0.15) is 0 Å². The molecule has 3 atom stereocenters. The standard InChI is InChI=1S/C44H89N2O6P/c1-6-8-10-12-14-16-18-20-21-22-23-24-26-28-30-32-34-36-38-44(48)45-42(41-52-53(49,50)51-40-39-46(3,4)5)43(47)37-35-33-31-29-27-25-19-17-15-13-11-9-7-2/h35,37,42-43,47H,6-34,36,38-41H2,1-5H3,(H-,45,48,49,50)/p+1/b37-35+. The van der Waals surface area contributed by atoms with E-state index in [2.05, 4.69) is 19.2 Å².